The number of pyridine rings is 1. The normalized spacial score (nSPS) is 10.4. The Morgan fingerprint density at radius 3 is 2.75 bits per heavy atom. The number of aromatic nitrogens is 2. The van der Waals surface area contributed by atoms with Crippen molar-refractivity contribution in [2.75, 3.05) is 7.11 Å². The van der Waals surface area contributed by atoms with E-state index in [4.69, 9.17) is 10.00 Å². The number of rotatable bonds is 2. The smallest absolute Gasteiger partial charge is 0.140 e. The number of benzene rings is 1. The van der Waals surface area contributed by atoms with Gasteiger partial charge in [-0.15, -0.1) is 0 Å². The van der Waals surface area contributed by atoms with Crippen LogP contribution in [0.15, 0.2) is 30.5 Å². The average Bonchev–Trinajstić information content (AvgIpc) is 2.88. The van der Waals surface area contributed by atoms with Crippen LogP contribution in [0.25, 0.3) is 21.2 Å². The van der Waals surface area contributed by atoms with E-state index in [0.29, 0.717) is 5.69 Å². The first kappa shape index (κ1) is 12.6. The number of hydrogen-bond acceptors (Lipinski definition) is 5. The molecular weight excluding hydrogens is 270 g/mol. The lowest BCUT2D eigenvalue weighted by atomic mass is 10.0. The predicted octanol–water partition coefficient (Wildman–Crippen LogP) is 3.55. The van der Waals surface area contributed by atoms with Crippen LogP contribution in [0.5, 0.6) is 5.75 Å². The fraction of sp³-hybridized carbons (Fsp3) is 0.133. The zero-order valence-electron chi connectivity index (χ0n) is 11.0. The van der Waals surface area contributed by atoms with Gasteiger partial charge in [-0.3, -0.25) is 0 Å². The fourth-order valence-electron chi connectivity index (χ4n) is 2.16. The van der Waals surface area contributed by atoms with Crippen molar-refractivity contribution in [1.82, 2.24) is 9.36 Å². The molecule has 0 aliphatic rings. The molecule has 0 aliphatic carbocycles. The quantitative estimate of drug-likeness (QED) is 0.720. The summed E-state index contributed by atoms with van der Waals surface area (Å²) in [6.07, 6.45) is 1.70. The van der Waals surface area contributed by atoms with Crippen molar-refractivity contribution in [1.29, 1.82) is 5.26 Å². The van der Waals surface area contributed by atoms with E-state index in [1.165, 1.54) is 11.5 Å². The van der Waals surface area contributed by atoms with Crippen molar-refractivity contribution in [3.63, 3.8) is 0 Å². The highest BCUT2D eigenvalue weighted by atomic mass is 32.1. The molecule has 3 rings (SSSR count). The molecule has 0 spiro atoms. The van der Waals surface area contributed by atoms with E-state index < -0.39 is 0 Å². The molecule has 98 valence electrons. The van der Waals surface area contributed by atoms with E-state index in [1.54, 1.807) is 19.4 Å². The minimum atomic E-state index is 0.403. The van der Waals surface area contributed by atoms with Gasteiger partial charge in [-0.1, -0.05) is 0 Å². The first-order valence-electron chi connectivity index (χ1n) is 6.04. The lowest BCUT2D eigenvalue weighted by Gasteiger charge is -2.09. The standard InChI is InChI=1S/C15H11N3OS/c1-9-12-5-6-13(19-2)14(15(12)20-18-9)10-3-4-11(7-16)17-8-10/h3-6,8H,1-2H3. The average molecular weight is 281 g/mol. The molecule has 0 radical (unpaired) electrons. The Labute approximate surface area is 120 Å². The third-order valence-corrected chi connectivity index (χ3v) is 4.14. The second-order valence-corrected chi connectivity index (χ2v) is 5.10. The van der Waals surface area contributed by atoms with Gasteiger partial charge < -0.3 is 4.74 Å². The van der Waals surface area contributed by atoms with Crippen molar-refractivity contribution in [2.45, 2.75) is 6.92 Å². The second-order valence-electron chi connectivity index (χ2n) is 4.33. The molecule has 20 heavy (non-hydrogen) atoms. The van der Waals surface area contributed by atoms with Gasteiger partial charge in [0.15, 0.2) is 0 Å². The van der Waals surface area contributed by atoms with Crippen LogP contribution in [0.3, 0.4) is 0 Å². The maximum Gasteiger partial charge on any atom is 0.140 e. The summed E-state index contributed by atoms with van der Waals surface area (Å²) in [7, 11) is 1.65. The Kier molecular flexibility index (Phi) is 3.09. The summed E-state index contributed by atoms with van der Waals surface area (Å²) in [5.74, 6) is 0.785. The first-order chi connectivity index (χ1) is 9.74. The Hall–Kier alpha value is -2.45. The molecule has 0 unspecified atom stereocenters. The van der Waals surface area contributed by atoms with Crippen LogP contribution in [0.2, 0.25) is 0 Å². The van der Waals surface area contributed by atoms with Gasteiger partial charge in [0.05, 0.1) is 17.5 Å². The van der Waals surface area contributed by atoms with Crippen molar-refractivity contribution in [3.05, 3.63) is 41.9 Å². The molecule has 0 aliphatic heterocycles. The molecule has 3 aromatic rings. The predicted molar refractivity (Wildman–Crippen MR) is 78.9 cm³/mol. The highest BCUT2D eigenvalue weighted by molar-refractivity contribution is 7.14. The number of aryl methyl sites for hydroxylation is 1. The van der Waals surface area contributed by atoms with Crippen molar-refractivity contribution < 1.29 is 4.74 Å². The van der Waals surface area contributed by atoms with Crippen molar-refractivity contribution in [3.8, 4) is 22.9 Å². The Morgan fingerprint density at radius 2 is 2.10 bits per heavy atom. The number of ether oxygens (including phenoxy) is 1. The molecule has 0 atom stereocenters. The van der Waals surface area contributed by atoms with Crippen molar-refractivity contribution >= 4 is 21.6 Å². The maximum atomic E-state index is 8.83. The molecule has 2 heterocycles. The molecular formula is C15H11N3OS. The van der Waals surface area contributed by atoms with E-state index in [-0.39, 0.29) is 0 Å². The van der Waals surface area contributed by atoms with E-state index in [0.717, 1.165) is 32.7 Å². The first-order valence-corrected chi connectivity index (χ1v) is 6.81. The second kappa shape index (κ2) is 4.91. The number of fused-ring (bicyclic) bond motifs is 1. The van der Waals surface area contributed by atoms with E-state index >= 15 is 0 Å². The molecule has 0 saturated carbocycles. The summed E-state index contributed by atoms with van der Waals surface area (Å²) in [5, 5.41) is 9.95. The number of nitriles is 1. The van der Waals surface area contributed by atoms with Gasteiger partial charge in [-0.25, -0.2) is 4.98 Å². The number of nitrogens with zero attached hydrogens (tertiary/aromatic N) is 3. The van der Waals surface area contributed by atoms with Crippen LogP contribution in [-0.4, -0.2) is 16.5 Å². The largest absolute Gasteiger partial charge is 0.496 e. The molecule has 0 saturated heterocycles. The zero-order valence-corrected chi connectivity index (χ0v) is 11.9. The SMILES string of the molecule is COc1ccc2c(C)nsc2c1-c1ccc(C#N)nc1. The lowest BCUT2D eigenvalue weighted by molar-refractivity contribution is 0.417. The van der Waals surface area contributed by atoms with Gasteiger partial charge in [0, 0.05) is 22.7 Å². The highest BCUT2D eigenvalue weighted by Gasteiger charge is 2.14. The molecule has 0 N–H and O–H groups in total. The minimum absolute atomic E-state index is 0.403. The molecule has 0 bridgehead atoms. The van der Waals surface area contributed by atoms with Gasteiger partial charge in [-0.05, 0) is 42.7 Å². The summed E-state index contributed by atoms with van der Waals surface area (Å²) in [6.45, 7) is 1.99. The topological polar surface area (TPSA) is 58.8 Å². The molecule has 4 nitrogen and oxygen atoms in total. The molecule has 0 amide bonds. The van der Waals surface area contributed by atoms with Crippen LogP contribution in [-0.2, 0) is 0 Å². The minimum Gasteiger partial charge on any atom is -0.496 e. The lowest BCUT2D eigenvalue weighted by Crippen LogP contribution is -1.90. The summed E-state index contributed by atoms with van der Waals surface area (Å²) >= 11 is 1.45. The zero-order chi connectivity index (χ0) is 14.1. The van der Waals surface area contributed by atoms with Crippen LogP contribution in [0.1, 0.15) is 11.4 Å². The third kappa shape index (κ3) is 1.91. The highest BCUT2D eigenvalue weighted by Crippen LogP contribution is 2.39. The summed E-state index contributed by atoms with van der Waals surface area (Å²) in [4.78, 5) is 4.13. The fourth-order valence-corrected chi connectivity index (χ4v) is 3.11. The van der Waals surface area contributed by atoms with Crippen LogP contribution in [0.4, 0.5) is 0 Å². The Bertz CT molecular complexity index is 815. The Balaban J connectivity index is 2.29. The Morgan fingerprint density at radius 1 is 1.25 bits per heavy atom. The summed E-state index contributed by atoms with van der Waals surface area (Å²) in [6, 6.07) is 9.58. The molecule has 1 aromatic carbocycles. The number of methoxy groups -OCH3 is 1. The van der Waals surface area contributed by atoms with Gasteiger partial charge in [0.1, 0.15) is 17.5 Å². The molecule has 5 heteroatoms. The molecule has 0 fully saturated rings. The van der Waals surface area contributed by atoms with E-state index in [1.807, 2.05) is 31.2 Å². The monoisotopic (exact) mass is 281 g/mol. The van der Waals surface area contributed by atoms with Gasteiger partial charge >= 0.3 is 0 Å². The van der Waals surface area contributed by atoms with Crippen LogP contribution >= 0.6 is 11.5 Å². The van der Waals surface area contributed by atoms with Crippen LogP contribution in [0, 0.1) is 18.3 Å². The summed E-state index contributed by atoms with van der Waals surface area (Å²) < 4.78 is 10.9. The summed E-state index contributed by atoms with van der Waals surface area (Å²) in [5.41, 5.74) is 3.32. The van der Waals surface area contributed by atoms with Crippen molar-refractivity contribution in [2.24, 2.45) is 0 Å². The molecule has 2 aromatic heterocycles. The number of hydrogen-bond donors (Lipinski definition) is 0. The van der Waals surface area contributed by atoms with E-state index in [2.05, 4.69) is 9.36 Å². The maximum absolute atomic E-state index is 8.83. The van der Waals surface area contributed by atoms with Gasteiger partial charge in [-0.2, -0.15) is 9.64 Å². The van der Waals surface area contributed by atoms with Crippen LogP contribution < -0.4 is 4.74 Å². The van der Waals surface area contributed by atoms with Gasteiger partial charge in [0.2, 0.25) is 0 Å². The van der Waals surface area contributed by atoms with E-state index in [9.17, 15) is 0 Å². The third-order valence-electron chi connectivity index (χ3n) is 3.17. The van der Waals surface area contributed by atoms with Gasteiger partial charge in [0.25, 0.3) is 0 Å².